The van der Waals surface area contributed by atoms with E-state index in [0.29, 0.717) is 10.7 Å². The molecule has 39 heavy (non-hydrogen) atoms. The Morgan fingerprint density at radius 2 is 1.67 bits per heavy atom. The quantitative estimate of drug-likeness (QED) is 0.307. The second-order valence-electron chi connectivity index (χ2n) is 9.62. The topological polar surface area (TPSA) is 86.8 Å². The monoisotopic (exact) mass is 631 g/mol. The van der Waals surface area contributed by atoms with Gasteiger partial charge in [0, 0.05) is 22.1 Å². The van der Waals surface area contributed by atoms with Crippen molar-refractivity contribution in [3.63, 3.8) is 0 Å². The highest BCUT2D eigenvalue weighted by atomic mass is 79.9. The molecule has 0 radical (unpaired) electrons. The van der Waals surface area contributed by atoms with Gasteiger partial charge in [-0.25, -0.2) is 8.42 Å². The van der Waals surface area contributed by atoms with Crippen molar-refractivity contribution < 1.29 is 18.0 Å². The van der Waals surface area contributed by atoms with Crippen LogP contribution in [-0.2, 0) is 26.2 Å². The van der Waals surface area contributed by atoms with Crippen LogP contribution < -0.4 is 9.62 Å². The summed E-state index contributed by atoms with van der Waals surface area (Å²) >= 11 is 9.52. The number of sulfonamides is 1. The van der Waals surface area contributed by atoms with Crippen LogP contribution >= 0.6 is 27.5 Å². The fraction of sp³-hybridized carbons (Fsp3) is 0.310. The maximum Gasteiger partial charge on any atom is 0.264 e. The minimum absolute atomic E-state index is 0.0540. The third kappa shape index (κ3) is 7.41. The number of hydrogen-bond acceptors (Lipinski definition) is 4. The van der Waals surface area contributed by atoms with E-state index in [1.54, 1.807) is 49.4 Å². The highest BCUT2D eigenvalue weighted by Gasteiger charge is 2.33. The molecule has 1 unspecified atom stereocenters. The molecule has 0 saturated heterocycles. The zero-order chi connectivity index (χ0) is 28.0. The molecule has 0 bridgehead atoms. The van der Waals surface area contributed by atoms with Gasteiger partial charge in [-0.1, -0.05) is 70.7 Å². The molecule has 206 valence electrons. The maximum atomic E-state index is 13.9. The van der Waals surface area contributed by atoms with E-state index in [9.17, 15) is 18.0 Å². The molecule has 1 atom stereocenters. The number of halogens is 2. The summed E-state index contributed by atoms with van der Waals surface area (Å²) in [5.41, 5.74) is 1.10. The Morgan fingerprint density at radius 3 is 2.31 bits per heavy atom. The molecule has 1 aliphatic carbocycles. The minimum atomic E-state index is -4.11. The van der Waals surface area contributed by atoms with Gasteiger partial charge >= 0.3 is 0 Å². The molecule has 1 fully saturated rings. The number of nitrogens with one attached hydrogen (secondary N) is 1. The van der Waals surface area contributed by atoms with Crippen molar-refractivity contribution in [2.45, 2.75) is 56.1 Å². The Hall–Kier alpha value is -2.88. The molecule has 0 heterocycles. The number of carbonyl (C=O) groups is 2. The van der Waals surface area contributed by atoms with Gasteiger partial charge in [0.15, 0.2) is 0 Å². The number of amides is 2. The van der Waals surface area contributed by atoms with Gasteiger partial charge in [-0.15, -0.1) is 0 Å². The highest BCUT2D eigenvalue weighted by Crippen LogP contribution is 2.26. The lowest BCUT2D eigenvalue weighted by molar-refractivity contribution is -0.139. The maximum absolute atomic E-state index is 13.9. The third-order valence-electron chi connectivity index (χ3n) is 6.84. The Morgan fingerprint density at radius 1 is 1.00 bits per heavy atom. The van der Waals surface area contributed by atoms with Crippen LogP contribution in [-0.4, -0.2) is 43.8 Å². The van der Waals surface area contributed by atoms with Crippen LogP contribution in [0.25, 0.3) is 0 Å². The molecule has 10 heteroatoms. The van der Waals surface area contributed by atoms with Crippen LogP contribution in [0.3, 0.4) is 0 Å². The number of benzene rings is 3. The Kier molecular flexibility index (Phi) is 9.69. The normalized spacial score (nSPS) is 14.5. The first kappa shape index (κ1) is 29.1. The van der Waals surface area contributed by atoms with Crippen molar-refractivity contribution in [1.82, 2.24) is 10.2 Å². The summed E-state index contributed by atoms with van der Waals surface area (Å²) in [4.78, 5) is 28.7. The molecule has 7 nitrogen and oxygen atoms in total. The van der Waals surface area contributed by atoms with E-state index in [-0.39, 0.29) is 23.4 Å². The molecule has 1 aliphatic rings. The van der Waals surface area contributed by atoms with Gasteiger partial charge in [-0.3, -0.25) is 13.9 Å². The van der Waals surface area contributed by atoms with Gasteiger partial charge in [0.25, 0.3) is 10.0 Å². The second-order valence-corrected chi connectivity index (χ2v) is 12.8. The predicted octanol–water partition coefficient (Wildman–Crippen LogP) is 5.77. The van der Waals surface area contributed by atoms with E-state index in [2.05, 4.69) is 21.2 Å². The van der Waals surface area contributed by atoms with E-state index in [0.717, 1.165) is 40.0 Å². The van der Waals surface area contributed by atoms with Crippen LogP contribution in [0.4, 0.5) is 5.69 Å². The first-order chi connectivity index (χ1) is 18.6. The van der Waals surface area contributed by atoms with Crippen molar-refractivity contribution in [3.05, 3.63) is 93.9 Å². The van der Waals surface area contributed by atoms with Crippen molar-refractivity contribution in [2.24, 2.45) is 0 Å². The van der Waals surface area contributed by atoms with Gasteiger partial charge in [-0.2, -0.15) is 0 Å². The number of carbonyl (C=O) groups excluding carboxylic acids is 2. The molecule has 1 saturated carbocycles. The summed E-state index contributed by atoms with van der Waals surface area (Å²) in [6, 6.07) is 21.0. The van der Waals surface area contributed by atoms with Crippen molar-refractivity contribution in [3.8, 4) is 0 Å². The molecule has 2 amide bonds. The zero-order valence-corrected chi connectivity index (χ0v) is 24.8. The highest BCUT2D eigenvalue weighted by molar-refractivity contribution is 9.10. The summed E-state index contributed by atoms with van der Waals surface area (Å²) in [5.74, 6) is -0.757. The van der Waals surface area contributed by atoms with E-state index >= 15 is 0 Å². The Balaban J connectivity index is 1.67. The predicted molar refractivity (Wildman–Crippen MR) is 157 cm³/mol. The molecule has 4 rings (SSSR count). The van der Waals surface area contributed by atoms with Gasteiger partial charge in [0.05, 0.1) is 10.6 Å². The van der Waals surface area contributed by atoms with Gasteiger partial charge < -0.3 is 10.2 Å². The number of hydrogen-bond donors (Lipinski definition) is 1. The fourth-order valence-electron chi connectivity index (χ4n) is 4.66. The van der Waals surface area contributed by atoms with Crippen molar-refractivity contribution >= 4 is 55.1 Å². The lowest BCUT2D eigenvalue weighted by atomic mass is 10.1. The van der Waals surface area contributed by atoms with Crippen molar-refractivity contribution in [1.29, 1.82) is 0 Å². The fourth-order valence-corrected chi connectivity index (χ4v) is 6.67. The van der Waals surface area contributed by atoms with Crippen LogP contribution in [0.5, 0.6) is 0 Å². The third-order valence-corrected chi connectivity index (χ3v) is 9.37. The first-order valence-corrected chi connectivity index (χ1v) is 15.4. The molecule has 1 N–H and O–H groups in total. The van der Waals surface area contributed by atoms with Crippen LogP contribution in [0.1, 0.15) is 38.2 Å². The lowest BCUT2D eigenvalue weighted by Crippen LogP contribution is -2.52. The summed E-state index contributed by atoms with van der Waals surface area (Å²) in [6.45, 7) is 1.32. The summed E-state index contributed by atoms with van der Waals surface area (Å²) in [6.07, 6.45) is 3.95. The number of nitrogens with zero attached hydrogens (tertiary/aromatic N) is 2. The summed E-state index contributed by atoms with van der Waals surface area (Å²) in [5, 5.41) is 3.51. The zero-order valence-electron chi connectivity index (χ0n) is 21.6. The van der Waals surface area contributed by atoms with Crippen molar-refractivity contribution in [2.75, 3.05) is 10.8 Å². The molecule has 3 aromatic carbocycles. The second kappa shape index (κ2) is 13.0. The molecule has 0 spiro atoms. The Labute approximate surface area is 243 Å². The average Bonchev–Trinajstić information content (AvgIpc) is 3.44. The van der Waals surface area contributed by atoms with Crippen LogP contribution in [0.2, 0.25) is 5.02 Å². The minimum Gasteiger partial charge on any atom is -0.352 e. The molecular weight excluding hydrogens is 602 g/mol. The SMILES string of the molecule is CC(C(=O)NC1CCCC1)N(Cc1cccc(Br)c1)C(=O)CN(c1ccc(Cl)cc1)S(=O)(=O)c1ccccc1. The summed E-state index contributed by atoms with van der Waals surface area (Å²) < 4.78 is 29.4. The van der Waals surface area contributed by atoms with E-state index in [1.807, 2.05) is 24.3 Å². The standard InChI is InChI=1S/C29H31BrClN3O4S/c1-21(29(36)32-25-10-5-6-11-25)33(19-22-8-7-9-23(30)18-22)28(35)20-34(26-16-14-24(31)15-17-26)39(37,38)27-12-3-2-4-13-27/h2-4,7-9,12-18,21,25H,5-6,10-11,19-20H2,1H3,(H,32,36). The largest absolute Gasteiger partial charge is 0.352 e. The van der Waals surface area contributed by atoms with Gasteiger partial charge in [0.2, 0.25) is 11.8 Å². The number of anilines is 1. The van der Waals surface area contributed by atoms with Crippen LogP contribution in [0.15, 0.2) is 88.2 Å². The van der Waals surface area contributed by atoms with E-state index < -0.39 is 28.5 Å². The molecule has 0 aromatic heterocycles. The Bertz CT molecular complexity index is 1400. The molecular formula is C29H31BrClN3O4S. The number of rotatable bonds is 10. The smallest absolute Gasteiger partial charge is 0.264 e. The van der Waals surface area contributed by atoms with E-state index in [1.165, 1.54) is 17.0 Å². The first-order valence-electron chi connectivity index (χ1n) is 12.8. The lowest BCUT2D eigenvalue weighted by Gasteiger charge is -2.32. The molecule has 3 aromatic rings. The van der Waals surface area contributed by atoms with Crippen LogP contribution in [0, 0.1) is 0 Å². The van der Waals surface area contributed by atoms with E-state index in [4.69, 9.17) is 11.6 Å². The molecule has 0 aliphatic heterocycles. The van der Waals surface area contributed by atoms with Gasteiger partial charge in [0.1, 0.15) is 12.6 Å². The summed E-state index contributed by atoms with van der Waals surface area (Å²) in [7, 11) is -4.11. The van der Waals surface area contributed by atoms with Gasteiger partial charge in [-0.05, 0) is 73.9 Å². The average molecular weight is 633 g/mol.